The Kier molecular flexibility index (Phi) is 5.36. The van der Waals surface area contributed by atoms with Crippen LogP contribution < -0.4 is 0 Å². The van der Waals surface area contributed by atoms with Gasteiger partial charge in [-0.15, -0.1) is 0 Å². The summed E-state index contributed by atoms with van der Waals surface area (Å²) in [5, 5.41) is 0. The Balaban J connectivity index is 1.52. The van der Waals surface area contributed by atoms with Crippen LogP contribution in [0.4, 0.5) is 0 Å². The molecule has 0 heterocycles. The summed E-state index contributed by atoms with van der Waals surface area (Å²) < 4.78 is 6.06. The minimum atomic E-state index is 0.306. The quantitative estimate of drug-likeness (QED) is 0.415. The van der Waals surface area contributed by atoms with E-state index in [1.54, 1.807) is 0 Å². The Bertz CT molecular complexity index is 739. The molecule has 0 N–H and O–H groups in total. The van der Waals surface area contributed by atoms with Gasteiger partial charge in [-0.3, -0.25) is 0 Å². The van der Waals surface area contributed by atoms with E-state index in [4.69, 9.17) is 4.74 Å². The van der Waals surface area contributed by atoms with E-state index in [0.717, 1.165) is 35.5 Å². The van der Waals surface area contributed by atoms with E-state index >= 15 is 0 Å². The van der Waals surface area contributed by atoms with E-state index in [0.29, 0.717) is 33.2 Å². The molecule has 1 nitrogen and oxygen atoms in total. The second-order valence-electron chi connectivity index (χ2n) is 15.4. The topological polar surface area (TPSA) is 9.23 Å². The Morgan fingerprint density at radius 1 is 0.688 bits per heavy atom. The Labute approximate surface area is 200 Å². The predicted octanol–water partition coefficient (Wildman–Crippen LogP) is 8.76. The summed E-state index contributed by atoms with van der Waals surface area (Å²) in [6, 6.07) is 0. The van der Waals surface area contributed by atoms with Gasteiger partial charge in [0.25, 0.3) is 0 Å². The molecule has 0 aromatic heterocycles. The first kappa shape index (κ1) is 23.7. The van der Waals surface area contributed by atoms with Crippen LogP contribution in [0.3, 0.4) is 0 Å². The van der Waals surface area contributed by atoms with Crippen molar-refractivity contribution in [2.75, 3.05) is 7.11 Å². The van der Waals surface area contributed by atoms with Crippen LogP contribution in [0, 0.1) is 62.6 Å². The Hall–Kier alpha value is -0.0400. The van der Waals surface area contributed by atoms with E-state index in [1.165, 1.54) is 64.2 Å². The Morgan fingerprint density at radius 2 is 1.41 bits per heavy atom. The fourth-order valence-electron chi connectivity index (χ4n) is 12.1. The molecule has 32 heavy (non-hydrogen) atoms. The fourth-order valence-corrected chi connectivity index (χ4v) is 12.1. The molecule has 0 bridgehead atoms. The van der Waals surface area contributed by atoms with Crippen LogP contribution in [-0.2, 0) is 4.74 Å². The molecule has 0 radical (unpaired) electrons. The van der Waals surface area contributed by atoms with Crippen LogP contribution >= 0.6 is 0 Å². The zero-order valence-corrected chi connectivity index (χ0v) is 23.0. The first-order valence-corrected chi connectivity index (χ1v) is 14.4. The number of hydrogen-bond donors (Lipinski definition) is 0. The summed E-state index contributed by atoms with van der Waals surface area (Å²) >= 11 is 0. The van der Waals surface area contributed by atoms with Gasteiger partial charge in [0.05, 0.1) is 6.10 Å². The molecule has 10 atom stereocenters. The number of methoxy groups -OCH3 is 1. The van der Waals surface area contributed by atoms with Gasteiger partial charge >= 0.3 is 0 Å². The maximum absolute atomic E-state index is 6.06. The van der Waals surface area contributed by atoms with Gasteiger partial charge in [0.1, 0.15) is 0 Å². The number of hydrogen-bond acceptors (Lipinski definition) is 1. The zero-order valence-electron chi connectivity index (χ0n) is 23.0. The van der Waals surface area contributed by atoms with E-state index < -0.39 is 0 Å². The molecule has 0 aromatic rings. The molecule has 0 spiro atoms. The van der Waals surface area contributed by atoms with Crippen molar-refractivity contribution < 1.29 is 4.74 Å². The average molecular weight is 443 g/mol. The second kappa shape index (κ2) is 7.24. The third-order valence-electron chi connectivity index (χ3n) is 14.0. The van der Waals surface area contributed by atoms with E-state index in [2.05, 4.69) is 55.4 Å². The summed E-state index contributed by atoms with van der Waals surface area (Å²) in [5.41, 5.74) is 2.48. The van der Waals surface area contributed by atoms with E-state index in [1.807, 2.05) is 7.11 Å². The predicted molar refractivity (Wildman–Crippen MR) is 135 cm³/mol. The van der Waals surface area contributed by atoms with Gasteiger partial charge in [-0.25, -0.2) is 0 Å². The molecule has 10 unspecified atom stereocenters. The highest BCUT2D eigenvalue weighted by Crippen LogP contribution is 2.77. The third kappa shape index (κ3) is 2.79. The molecule has 0 amide bonds. The maximum atomic E-state index is 6.06. The molecule has 0 saturated heterocycles. The highest BCUT2D eigenvalue weighted by molar-refractivity contribution is 5.19. The van der Waals surface area contributed by atoms with Crippen molar-refractivity contribution in [3.8, 4) is 0 Å². The normalized spacial score (nSPS) is 56.8. The van der Waals surface area contributed by atoms with Gasteiger partial charge < -0.3 is 4.74 Å². The minimum absolute atomic E-state index is 0.306. The smallest absolute Gasteiger partial charge is 0.0625 e. The summed E-state index contributed by atoms with van der Waals surface area (Å²) in [6.45, 7) is 21.2. The number of fused-ring (bicyclic) bond motifs is 7. The van der Waals surface area contributed by atoms with Crippen molar-refractivity contribution >= 4 is 0 Å². The maximum Gasteiger partial charge on any atom is 0.0625 e. The SMILES string of the molecule is COC1CCC2(C)C(CCC3(C)C2CCC2C4C(C(C)C)CCC4(C)CCC23C)C1(C)C. The van der Waals surface area contributed by atoms with Crippen molar-refractivity contribution in [3.63, 3.8) is 0 Å². The van der Waals surface area contributed by atoms with Crippen LogP contribution in [-0.4, -0.2) is 13.2 Å². The summed E-state index contributed by atoms with van der Waals surface area (Å²) in [6.07, 6.45) is 15.0. The summed E-state index contributed by atoms with van der Waals surface area (Å²) in [5.74, 6) is 5.47. The molecule has 5 saturated carbocycles. The minimum Gasteiger partial charge on any atom is -0.381 e. The van der Waals surface area contributed by atoms with Gasteiger partial charge in [0, 0.05) is 7.11 Å². The van der Waals surface area contributed by atoms with Crippen LogP contribution in [0.2, 0.25) is 0 Å². The standard InChI is InChI=1S/C31H54O/c1-20(2)21-12-15-28(5)18-19-30(7)22(26(21)28)10-11-24-29(6)16-14-25(32-9)27(3,4)23(29)13-17-31(24,30)8/h20-26H,10-19H2,1-9H3. The van der Waals surface area contributed by atoms with Gasteiger partial charge in [-0.2, -0.15) is 0 Å². The van der Waals surface area contributed by atoms with Gasteiger partial charge in [0.2, 0.25) is 0 Å². The zero-order chi connectivity index (χ0) is 23.3. The lowest BCUT2D eigenvalue weighted by atomic mass is 9.32. The average Bonchev–Trinajstić information content (AvgIpc) is 3.06. The molecular formula is C31H54O. The molecule has 184 valence electrons. The van der Waals surface area contributed by atoms with Gasteiger partial charge in [0.15, 0.2) is 0 Å². The first-order valence-electron chi connectivity index (χ1n) is 14.4. The molecule has 5 aliphatic rings. The second-order valence-corrected chi connectivity index (χ2v) is 15.4. The van der Waals surface area contributed by atoms with Crippen LogP contribution in [0.1, 0.15) is 120 Å². The van der Waals surface area contributed by atoms with E-state index in [-0.39, 0.29) is 0 Å². The molecule has 5 aliphatic carbocycles. The van der Waals surface area contributed by atoms with Crippen molar-refractivity contribution in [2.24, 2.45) is 62.6 Å². The van der Waals surface area contributed by atoms with Crippen LogP contribution in [0.5, 0.6) is 0 Å². The fraction of sp³-hybridized carbons (Fsp3) is 1.00. The van der Waals surface area contributed by atoms with E-state index in [9.17, 15) is 0 Å². The van der Waals surface area contributed by atoms with Gasteiger partial charge in [-0.1, -0.05) is 55.4 Å². The summed E-state index contributed by atoms with van der Waals surface area (Å²) in [7, 11) is 1.96. The lowest BCUT2D eigenvalue weighted by Gasteiger charge is -2.73. The third-order valence-corrected chi connectivity index (χ3v) is 14.0. The lowest BCUT2D eigenvalue weighted by Crippen LogP contribution is -2.66. The highest BCUT2D eigenvalue weighted by atomic mass is 16.5. The van der Waals surface area contributed by atoms with Crippen molar-refractivity contribution in [3.05, 3.63) is 0 Å². The molecular weight excluding hydrogens is 388 g/mol. The molecule has 0 aromatic carbocycles. The number of ether oxygens (including phenoxy) is 1. The van der Waals surface area contributed by atoms with Gasteiger partial charge in [-0.05, 0) is 127 Å². The largest absolute Gasteiger partial charge is 0.381 e. The van der Waals surface area contributed by atoms with Crippen molar-refractivity contribution in [1.82, 2.24) is 0 Å². The first-order chi connectivity index (χ1) is 14.8. The number of rotatable bonds is 2. The van der Waals surface area contributed by atoms with Crippen LogP contribution in [0.25, 0.3) is 0 Å². The highest BCUT2D eigenvalue weighted by Gasteiger charge is 2.70. The van der Waals surface area contributed by atoms with Crippen LogP contribution in [0.15, 0.2) is 0 Å². The Morgan fingerprint density at radius 3 is 2.06 bits per heavy atom. The van der Waals surface area contributed by atoms with Crippen molar-refractivity contribution in [1.29, 1.82) is 0 Å². The molecule has 0 aliphatic heterocycles. The monoisotopic (exact) mass is 442 g/mol. The lowest BCUT2D eigenvalue weighted by molar-refractivity contribution is -0.249. The molecule has 5 rings (SSSR count). The summed E-state index contributed by atoms with van der Waals surface area (Å²) in [4.78, 5) is 0. The molecule has 1 heteroatoms. The molecule has 5 fully saturated rings. The van der Waals surface area contributed by atoms with Crippen molar-refractivity contribution in [2.45, 2.75) is 126 Å².